The van der Waals surface area contributed by atoms with E-state index in [9.17, 15) is 0 Å². The first-order valence-corrected chi connectivity index (χ1v) is 5.73. The molecule has 0 amide bonds. The molecule has 0 aliphatic heterocycles. The van der Waals surface area contributed by atoms with Gasteiger partial charge in [-0.25, -0.2) is 0 Å². The fourth-order valence-corrected chi connectivity index (χ4v) is 2.16. The minimum absolute atomic E-state index is 0.499. The lowest BCUT2D eigenvalue weighted by atomic mass is 10.0. The van der Waals surface area contributed by atoms with Gasteiger partial charge in [0.05, 0.1) is 12.5 Å². The number of aryl methyl sites for hydroxylation is 2. The lowest BCUT2D eigenvalue weighted by Gasteiger charge is -1.98. The summed E-state index contributed by atoms with van der Waals surface area (Å²) in [6.07, 6.45) is 2.62. The molecule has 1 aromatic carbocycles. The van der Waals surface area contributed by atoms with E-state index in [1.807, 2.05) is 0 Å². The first-order valence-electron chi connectivity index (χ1n) is 5.73. The van der Waals surface area contributed by atoms with E-state index in [0.29, 0.717) is 6.42 Å². The molecule has 0 unspecified atom stereocenters. The maximum atomic E-state index is 8.90. The van der Waals surface area contributed by atoms with E-state index in [-0.39, 0.29) is 0 Å². The number of rotatable bonds is 3. The minimum atomic E-state index is 0.499. The van der Waals surface area contributed by atoms with Crippen LogP contribution in [0.4, 0.5) is 0 Å². The van der Waals surface area contributed by atoms with Gasteiger partial charge in [-0.15, -0.1) is 0 Å². The van der Waals surface area contributed by atoms with Gasteiger partial charge in [0, 0.05) is 16.6 Å². The molecule has 0 fully saturated rings. The van der Waals surface area contributed by atoms with E-state index < -0.39 is 0 Å². The zero-order valence-corrected chi connectivity index (χ0v) is 9.80. The standard InChI is InChI=1S/C14H16N2/c1-3-4-13-11(7-8-15)12-9-10(2)5-6-14(12)16-13/h5-6,9,16H,3-4,7H2,1-2H3. The van der Waals surface area contributed by atoms with Crippen LogP contribution >= 0.6 is 0 Å². The molecule has 0 radical (unpaired) electrons. The molecule has 0 bridgehead atoms. The van der Waals surface area contributed by atoms with Crippen molar-refractivity contribution < 1.29 is 0 Å². The quantitative estimate of drug-likeness (QED) is 0.831. The molecule has 0 aliphatic carbocycles. The number of hydrogen-bond acceptors (Lipinski definition) is 1. The number of benzene rings is 1. The Morgan fingerprint density at radius 1 is 1.38 bits per heavy atom. The van der Waals surface area contributed by atoms with Crippen LogP contribution in [0.5, 0.6) is 0 Å². The van der Waals surface area contributed by atoms with Crippen LogP contribution in [-0.2, 0) is 12.8 Å². The lowest BCUT2D eigenvalue weighted by molar-refractivity contribution is 0.883. The third-order valence-electron chi connectivity index (χ3n) is 2.91. The average molecular weight is 212 g/mol. The molecule has 2 heteroatoms. The Balaban J connectivity index is 2.63. The number of nitrogens with zero attached hydrogens (tertiary/aromatic N) is 1. The molecule has 16 heavy (non-hydrogen) atoms. The van der Waals surface area contributed by atoms with E-state index in [1.54, 1.807) is 0 Å². The molecule has 82 valence electrons. The Morgan fingerprint density at radius 2 is 2.19 bits per heavy atom. The molecule has 1 heterocycles. The van der Waals surface area contributed by atoms with Crippen LogP contribution in [0.1, 0.15) is 30.2 Å². The van der Waals surface area contributed by atoms with E-state index >= 15 is 0 Å². The van der Waals surface area contributed by atoms with Gasteiger partial charge in [0.1, 0.15) is 0 Å². The van der Waals surface area contributed by atoms with Crippen LogP contribution in [0, 0.1) is 18.3 Å². The summed E-state index contributed by atoms with van der Waals surface area (Å²) in [6, 6.07) is 8.63. The van der Waals surface area contributed by atoms with Gasteiger partial charge in [0.2, 0.25) is 0 Å². The van der Waals surface area contributed by atoms with Gasteiger partial charge in [0.25, 0.3) is 0 Å². The van der Waals surface area contributed by atoms with Crippen LogP contribution in [0.3, 0.4) is 0 Å². The number of aromatic amines is 1. The summed E-state index contributed by atoms with van der Waals surface area (Å²) >= 11 is 0. The van der Waals surface area contributed by atoms with Crippen LogP contribution < -0.4 is 0 Å². The fourth-order valence-electron chi connectivity index (χ4n) is 2.16. The first kappa shape index (κ1) is 10.8. The summed E-state index contributed by atoms with van der Waals surface area (Å²) in [5.41, 5.74) is 4.81. The highest BCUT2D eigenvalue weighted by atomic mass is 14.7. The van der Waals surface area contributed by atoms with Crippen molar-refractivity contribution in [2.24, 2.45) is 0 Å². The second-order valence-electron chi connectivity index (χ2n) is 4.22. The van der Waals surface area contributed by atoms with Crippen molar-refractivity contribution in [3.8, 4) is 6.07 Å². The molecule has 0 spiro atoms. The number of fused-ring (bicyclic) bond motifs is 1. The highest BCUT2D eigenvalue weighted by molar-refractivity contribution is 5.85. The predicted octanol–water partition coefficient (Wildman–Crippen LogP) is 3.49. The maximum Gasteiger partial charge on any atom is 0.0670 e. The highest BCUT2D eigenvalue weighted by Crippen LogP contribution is 2.24. The largest absolute Gasteiger partial charge is 0.358 e. The molecule has 1 aromatic heterocycles. The topological polar surface area (TPSA) is 39.6 Å². The molecule has 0 aliphatic rings. The van der Waals surface area contributed by atoms with Gasteiger partial charge in [-0.1, -0.05) is 25.0 Å². The van der Waals surface area contributed by atoms with Gasteiger partial charge < -0.3 is 4.98 Å². The zero-order valence-electron chi connectivity index (χ0n) is 9.80. The lowest BCUT2D eigenvalue weighted by Crippen LogP contribution is -1.90. The summed E-state index contributed by atoms with van der Waals surface area (Å²) in [7, 11) is 0. The predicted molar refractivity (Wildman–Crippen MR) is 66.3 cm³/mol. The Hall–Kier alpha value is -1.75. The smallest absolute Gasteiger partial charge is 0.0670 e. The normalized spacial score (nSPS) is 10.6. The summed E-state index contributed by atoms with van der Waals surface area (Å²) in [5, 5.41) is 10.1. The molecule has 1 N–H and O–H groups in total. The van der Waals surface area contributed by atoms with Crippen molar-refractivity contribution in [1.82, 2.24) is 4.98 Å². The number of H-pyrrole nitrogens is 1. The molecular weight excluding hydrogens is 196 g/mol. The van der Waals surface area contributed by atoms with Crippen molar-refractivity contribution in [3.05, 3.63) is 35.0 Å². The van der Waals surface area contributed by atoms with E-state index in [2.05, 4.69) is 43.1 Å². The molecular formula is C14H16N2. The van der Waals surface area contributed by atoms with Gasteiger partial charge >= 0.3 is 0 Å². The third-order valence-corrected chi connectivity index (χ3v) is 2.91. The Kier molecular flexibility index (Phi) is 2.96. The molecule has 2 aromatic rings. The molecule has 0 saturated heterocycles. The second-order valence-corrected chi connectivity index (χ2v) is 4.22. The fraction of sp³-hybridized carbons (Fsp3) is 0.357. The van der Waals surface area contributed by atoms with Crippen molar-refractivity contribution in [2.45, 2.75) is 33.1 Å². The maximum absolute atomic E-state index is 8.90. The Morgan fingerprint density at radius 3 is 2.88 bits per heavy atom. The zero-order chi connectivity index (χ0) is 11.5. The van der Waals surface area contributed by atoms with E-state index in [4.69, 9.17) is 5.26 Å². The molecule has 0 saturated carbocycles. The molecule has 0 atom stereocenters. The van der Waals surface area contributed by atoms with Crippen LogP contribution in [0.25, 0.3) is 10.9 Å². The molecule has 2 rings (SSSR count). The van der Waals surface area contributed by atoms with Gasteiger partial charge in [-0.05, 0) is 31.0 Å². The average Bonchev–Trinajstić information content (AvgIpc) is 2.58. The van der Waals surface area contributed by atoms with E-state index in [0.717, 1.165) is 18.4 Å². The Labute approximate surface area is 95.9 Å². The summed E-state index contributed by atoms with van der Waals surface area (Å²) in [4.78, 5) is 3.43. The summed E-state index contributed by atoms with van der Waals surface area (Å²) in [6.45, 7) is 4.25. The minimum Gasteiger partial charge on any atom is -0.358 e. The summed E-state index contributed by atoms with van der Waals surface area (Å²) < 4.78 is 0. The van der Waals surface area contributed by atoms with Gasteiger partial charge in [-0.2, -0.15) is 5.26 Å². The highest BCUT2D eigenvalue weighted by Gasteiger charge is 2.10. The van der Waals surface area contributed by atoms with Gasteiger partial charge in [-0.3, -0.25) is 0 Å². The second kappa shape index (κ2) is 4.40. The van der Waals surface area contributed by atoms with Gasteiger partial charge in [0.15, 0.2) is 0 Å². The van der Waals surface area contributed by atoms with E-state index in [1.165, 1.54) is 22.2 Å². The number of nitriles is 1. The molecule has 2 nitrogen and oxygen atoms in total. The summed E-state index contributed by atoms with van der Waals surface area (Å²) in [5.74, 6) is 0. The number of aromatic nitrogens is 1. The van der Waals surface area contributed by atoms with Crippen molar-refractivity contribution >= 4 is 10.9 Å². The third kappa shape index (κ3) is 1.81. The van der Waals surface area contributed by atoms with Crippen molar-refractivity contribution in [2.75, 3.05) is 0 Å². The SMILES string of the molecule is CCCc1[nH]c2ccc(C)cc2c1CC#N. The monoisotopic (exact) mass is 212 g/mol. The van der Waals surface area contributed by atoms with Crippen LogP contribution in [-0.4, -0.2) is 4.98 Å². The number of nitrogens with one attached hydrogen (secondary N) is 1. The first-order chi connectivity index (χ1) is 7.76. The van der Waals surface area contributed by atoms with Crippen LogP contribution in [0.15, 0.2) is 18.2 Å². The van der Waals surface area contributed by atoms with Crippen molar-refractivity contribution in [1.29, 1.82) is 5.26 Å². The Bertz CT molecular complexity index is 544. The van der Waals surface area contributed by atoms with Crippen molar-refractivity contribution in [3.63, 3.8) is 0 Å². The van der Waals surface area contributed by atoms with Crippen LogP contribution in [0.2, 0.25) is 0 Å². The number of hydrogen-bond donors (Lipinski definition) is 1.